The Balaban J connectivity index is 3.32. The molecule has 0 amide bonds. The number of benzene rings is 1. The second kappa shape index (κ2) is 5.02. The van der Waals surface area contributed by atoms with Crippen molar-refractivity contribution in [2.24, 2.45) is 5.41 Å². The van der Waals surface area contributed by atoms with Gasteiger partial charge in [0.15, 0.2) is 0 Å². The zero-order valence-electron chi connectivity index (χ0n) is 11.0. The largest absolute Gasteiger partial charge is 0.192 e. The van der Waals surface area contributed by atoms with E-state index in [1.165, 1.54) is 0 Å². The van der Waals surface area contributed by atoms with Gasteiger partial charge in [-0.15, -0.1) is 0 Å². The summed E-state index contributed by atoms with van der Waals surface area (Å²) in [5.74, 6) is 0. The van der Waals surface area contributed by atoms with Crippen molar-refractivity contribution in [2.75, 3.05) is 0 Å². The van der Waals surface area contributed by atoms with E-state index in [4.69, 9.17) is 10.5 Å². The van der Waals surface area contributed by atoms with E-state index in [-0.39, 0.29) is 5.41 Å². The van der Waals surface area contributed by atoms with E-state index in [0.29, 0.717) is 11.1 Å². The summed E-state index contributed by atoms with van der Waals surface area (Å²) in [5.41, 5.74) is 3.46. The van der Waals surface area contributed by atoms with Crippen LogP contribution in [0.25, 0.3) is 0 Å². The molecule has 0 bridgehead atoms. The Morgan fingerprint density at radius 1 is 1.00 bits per heavy atom. The van der Waals surface area contributed by atoms with E-state index >= 15 is 0 Å². The first-order chi connectivity index (χ1) is 7.91. The molecule has 1 aromatic carbocycles. The minimum absolute atomic E-state index is 0.117. The first-order valence-electron chi connectivity index (χ1n) is 5.87. The molecule has 0 aromatic heterocycles. The van der Waals surface area contributed by atoms with Crippen molar-refractivity contribution in [1.82, 2.24) is 0 Å². The molecule has 1 aromatic rings. The number of hydrogen-bond donors (Lipinski definition) is 0. The zero-order chi connectivity index (χ0) is 13.1. The van der Waals surface area contributed by atoms with Crippen LogP contribution >= 0.6 is 0 Å². The summed E-state index contributed by atoms with van der Waals surface area (Å²) in [6.45, 7) is 8.40. The molecule has 2 nitrogen and oxygen atoms in total. The summed E-state index contributed by atoms with van der Waals surface area (Å²) in [5, 5.41) is 18.3. The van der Waals surface area contributed by atoms with Gasteiger partial charge in [-0.2, -0.15) is 10.5 Å². The van der Waals surface area contributed by atoms with Crippen LogP contribution in [0.1, 0.15) is 49.9 Å². The molecule has 0 aliphatic heterocycles. The molecule has 0 saturated carbocycles. The van der Waals surface area contributed by atoms with Crippen molar-refractivity contribution >= 4 is 0 Å². The Hall–Kier alpha value is -1.80. The molecule has 0 heterocycles. The van der Waals surface area contributed by atoms with Gasteiger partial charge in [0.25, 0.3) is 0 Å². The topological polar surface area (TPSA) is 47.6 Å². The average molecular weight is 226 g/mol. The van der Waals surface area contributed by atoms with Crippen LogP contribution in [0.15, 0.2) is 12.1 Å². The maximum absolute atomic E-state index is 9.17. The molecule has 0 aliphatic carbocycles. The van der Waals surface area contributed by atoms with Gasteiger partial charge in [0.05, 0.1) is 23.3 Å². The molecular formula is C15H18N2. The lowest BCUT2D eigenvalue weighted by molar-refractivity contribution is 0.411. The van der Waals surface area contributed by atoms with Crippen LogP contribution in [0.3, 0.4) is 0 Å². The molecular weight excluding hydrogens is 208 g/mol. The summed E-state index contributed by atoms with van der Waals surface area (Å²) in [6, 6.07) is 8.19. The van der Waals surface area contributed by atoms with Crippen LogP contribution in [0.2, 0.25) is 0 Å². The number of hydrogen-bond acceptors (Lipinski definition) is 2. The lowest BCUT2D eigenvalue weighted by Crippen LogP contribution is -2.11. The van der Waals surface area contributed by atoms with Crippen LogP contribution in [0.5, 0.6) is 0 Å². The Morgan fingerprint density at radius 2 is 1.47 bits per heavy atom. The van der Waals surface area contributed by atoms with Gasteiger partial charge in [-0.25, -0.2) is 0 Å². The second-order valence-corrected chi connectivity index (χ2v) is 5.48. The zero-order valence-corrected chi connectivity index (χ0v) is 11.0. The lowest BCUT2D eigenvalue weighted by Gasteiger charge is -2.19. The van der Waals surface area contributed by atoms with Crippen LogP contribution in [-0.2, 0) is 12.8 Å². The quantitative estimate of drug-likeness (QED) is 0.773. The number of rotatable bonds is 2. The molecule has 2 heteroatoms. The molecule has 0 N–H and O–H groups in total. The van der Waals surface area contributed by atoms with Crippen molar-refractivity contribution in [3.8, 4) is 12.1 Å². The molecule has 17 heavy (non-hydrogen) atoms. The summed E-state index contributed by atoms with van der Waals surface area (Å²) in [4.78, 5) is 0. The third-order valence-corrected chi connectivity index (χ3v) is 2.67. The Bertz CT molecular complexity index is 493. The van der Waals surface area contributed by atoms with Crippen molar-refractivity contribution in [1.29, 1.82) is 10.5 Å². The summed E-state index contributed by atoms with van der Waals surface area (Å²) in [6.07, 6.45) is 1.60. The first-order valence-corrected chi connectivity index (χ1v) is 5.87. The number of nitrogens with zero attached hydrogens (tertiary/aromatic N) is 2. The van der Waals surface area contributed by atoms with E-state index < -0.39 is 0 Å². The minimum atomic E-state index is 0.117. The molecule has 0 saturated heterocycles. The smallest absolute Gasteiger partial charge is 0.0994 e. The highest BCUT2D eigenvalue weighted by molar-refractivity contribution is 5.49. The Kier molecular flexibility index (Phi) is 3.92. The molecule has 88 valence electrons. The fourth-order valence-electron chi connectivity index (χ4n) is 1.91. The predicted molar refractivity (Wildman–Crippen MR) is 68.4 cm³/mol. The Morgan fingerprint density at radius 3 is 1.88 bits per heavy atom. The van der Waals surface area contributed by atoms with Crippen LogP contribution in [0, 0.1) is 28.1 Å². The Labute approximate surface area is 104 Å². The molecule has 0 radical (unpaired) electrons. The van der Waals surface area contributed by atoms with Gasteiger partial charge in [0, 0.05) is 0 Å². The third-order valence-electron chi connectivity index (χ3n) is 2.67. The van der Waals surface area contributed by atoms with Crippen LogP contribution in [0.4, 0.5) is 0 Å². The lowest BCUT2D eigenvalue weighted by atomic mass is 9.85. The second-order valence-electron chi connectivity index (χ2n) is 5.48. The van der Waals surface area contributed by atoms with Gasteiger partial charge < -0.3 is 0 Å². The van der Waals surface area contributed by atoms with E-state index in [9.17, 15) is 0 Å². The summed E-state index contributed by atoms with van der Waals surface area (Å²) < 4.78 is 0. The van der Waals surface area contributed by atoms with Crippen molar-refractivity contribution in [3.63, 3.8) is 0 Å². The highest BCUT2D eigenvalue weighted by Gasteiger charge is 2.16. The van der Waals surface area contributed by atoms with Crippen LogP contribution < -0.4 is 0 Å². The van der Waals surface area contributed by atoms with Gasteiger partial charge in [-0.05, 0) is 41.5 Å². The van der Waals surface area contributed by atoms with E-state index in [2.05, 4.69) is 32.9 Å². The average Bonchev–Trinajstić information content (AvgIpc) is 2.26. The number of nitriles is 2. The fourth-order valence-corrected chi connectivity index (χ4v) is 1.91. The van der Waals surface area contributed by atoms with E-state index in [0.717, 1.165) is 24.0 Å². The molecule has 0 spiro atoms. The van der Waals surface area contributed by atoms with Crippen LogP contribution in [-0.4, -0.2) is 0 Å². The van der Waals surface area contributed by atoms with Crippen molar-refractivity contribution < 1.29 is 0 Å². The van der Waals surface area contributed by atoms with Gasteiger partial charge >= 0.3 is 0 Å². The highest BCUT2D eigenvalue weighted by atomic mass is 14.3. The molecule has 1 rings (SSSR count). The summed E-state index contributed by atoms with van der Waals surface area (Å²) in [7, 11) is 0. The maximum atomic E-state index is 9.17. The monoisotopic (exact) mass is 226 g/mol. The van der Waals surface area contributed by atoms with Gasteiger partial charge in [0.1, 0.15) is 0 Å². The molecule has 0 atom stereocenters. The van der Waals surface area contributed by atoms with Gasteiger partial charge in [-0.1, -0.05) is 27.7 Å². The van der Waals surface area contributed by atoms with Crippen molar-refractivity contribution in [2.45, 2.75) is 40.5 Å². The first kappa shape index (κ1) is 13.3. The fraction of sp³-hybridized carbons (Fsp3) is 0.467. The van der Waals surface area contributed by atoms with Crippen molar-refractivity contribution in [3.05, 3.63) is 34.4 Å². The molecule has 0 aliphatic rings. The highest BCUT2D eigenvalue weighted by Crippen LogP contribution is 2.25. The van der Waals surface area contributed by atoms with E-state index in [1.807, 2.05) is 19.1 Å². The van der Waals surface area contributed by atoms with Gasteiger partial charge in [0.2, 0.25) is 0 Å². The van der Waals surface area contributed by atoms with E-state index in [1.54, 1.807) is 0 Å². The minimum Gasteiger partial charge on any atom is -0.192 e. The predicted octanol–water partition coefficient (Wildman–Crippen LogP) is 3.58. The normalized spacial score (nSPS) is 10.7. The summed E-state index contributed by atoms with van der Waals surface area (Å²) >= 11 is 0. The maximum Gasteiger partial charge on any atom is 0.0994 e. The number of aryl methyl sites for hydroxylation is 1. The molecule has 0 unspecified atom stereocenters. The molecule has 0 fully saturated rings. The SMILES string of the molecule is CCc1cc(C#N)c(CC(C)(C)C)cc1C#N. The third kappa shape index (κ3) is 3.33. The van der Waals surface area contributed by atoms with Gasteiger partial charge in [-0.3, -0.25) is 0 Å². The standard InChI is InChI=1S/C15H18N2/c1-5-11-6-14(10-17)12(7-13(11)9-16)8-15(2,3)4/h6-7H,5,8H2,1-4H3.